The second-order valence-corrected chi connectivity index (χ2v) is 7.01. The molecule has 6 heteroatoms. The van der Waals surface area contributed by atoms with E-state index < -0.39 is 15.3 Å². The summed E-state index contributed by atoms with van der Waals surface area (Å²) in [5.41, 5.74) is -0.418. The molecule has 0 aromatic heterocycles. The molecule has 96 valence electrons. The monoisotopic (exact) mass is 258 g/mol. The first-order valence-electron chi connectivity index (χ1n) is 5.84. The first-order chi connectivity index (χ1) is 7.91. The third-order valence-corrected chi connectivity index (χ3v) is 4.79. The van der Waals surface area contributed by atoms with Crippen LogP contribution >= 0.6 is 0 Å². The highest BCUT2D eigenvalue weighted by molar-refractivity contribution is 7.94. The molecule has 2 aliphatic rings. The molecule has 2 aliphatic heterocycles. The fourth-order valence-electron chi connectivity index (χ4n) is 2.26. The Kier molecular flexibility index (Phi) is 3.27. The summed E-state index contributed by atoms with van der Waals surface area (Å²) in [6.45, 7) is 3.52. The summed E-state index contributed by atoms with van der Waals surface area (Å²) in [6, 6.07) is -0.369. The Morgan fingerprint density at radius 2 is 2.29 bits per heavy atom. The van der Waals surface area contributed by atoms with E-state index in [-0.39, 0.29) is 17.7 Å². The maximum atomic E-state index is 12.1. The molecular formula is C11H18N2O3S. The molecule has 2 rings (SSSR count). The summed E-state index contributed by atoms with van der Waals surface area (Å²) in [6.07, 6.45) is 3.37. The van der Waals surface area contributed by atoms with E-state index in [1.807, 2.05) is 6.92 Å². The van der Waals surface area contributed by atoms with Gasteiger partial charge in [0.1, 0.15) is 0 Å². The lowest BCUT2D eigenvalue weighted by Gasteiger charge is -2.33. The van der Waals surface area contributed by atoms with Crippen molar-refractivity contribution in [3.8, 4) is 0 Å². The van der Waals surface area contributed by atoms with Crippen molar-refractivity contribution in [3.63, 3.8) is 0 Å². The van der Waals surface area contributed by atoms with Crippen molar-refractivity contribution >= 4 is 15.7 Å². The van der Waals surface area contributed by atoms with E-state index in [4.69, 9.17) is 0 Å². The number of sulfone groups is 1. The van der Waals surface area contributed by atoms with Crippen molar-refractivity contribution < 1.29 is 13.2 Å². The Bertz CT molecular complexity index is 436. The van der Waals surface area contributed by atoms with Crippen LogP contribution in [0, 0.1) is 5.41 Å². The van der Waals surface area contributed by atoms with Gasteiger partial charge in [-0.3, -0.25) is 4.79 Å². The van der Waals surface area contributed by atoms with Gasteiger partial charge in [0.25, 0.3) is 0 Å². The van der Waals surface area contributed by atoms with Gasteiger partial charge in [-0.2, -0.15) is 0 Å². The first-order valence-corrected chi connectivity index (χ1v) is 7.56. The minimum absolute atomic E-state index is 0.0117. The van der Waals surface area contributed by atoms with E-state index in [2.05, 4.69) is 10.6 Å². The van der Waals surface area contributed by atoms with Crippen LogP contribution in [0.1, 0.15) is 19.8 Å². The van der Waals surface area contributed by atoms with Crippen LogP contribution in [0.15, 0.2) is 11.5 Å². The van der Waals surface area contributed by atoms with Gasteiger partial charge in [0.05, 0.1) is 17.2 Å². The average molecular weight is 258 g/mol. The van der Waals surface area contributed by atoms with Crippen LogP contribution in [0.4, 0.5) is 0 Å². The molecule has 2 heterocycles. The summed E-state index contributed by atoms with van der Waals surface area (Å²) < 4.78 is 22.5. The fourth-order valence-corrected chi connectivity index (χ4v) is 3.49. The van der Waals surface area contributed by atoms with Crippen molar-refractivity contribution in [1.29, 1.82) is 0 Å². The predicted molar refractivity (Wildman–Crippen MR) is 65.1 cm³/mol. The minimum atomic E-state index is -3.10. The van der Waals surface area contributed by atoms with Crippen LogP contribution in [0.2, 0.25) is 0 Å². The lowest BCUT2D eigenvalue weighted by Crippen LogP contribution is -2.51. The topological polar surface area (TPSA) is 75.3 Å². The molecule has 17 heavy (non-hydrogen) atoms. The van der Waals surface area contributed by atoms with Crippen LogP contribution in [-0.2, 0) is 14.6 Å². The Morgan fingerprint density at radius 3 is 2.82 bits per heavy atom. The van der Waals surface area contributed by atoms with Crippen LogP contribution in [-0.4, -0.2) is 39.2 Å². The van der Waals surface area contributed by atoms with E-state index in [0.717, 1.165) is 19.4 Å². The molecular weight excluding hydrogens is 240 g/mol. The second kappa shape index (κ2) is 4.42. The predicted octanol–water partition coefficient (Wildman–Crippen LogP) is -0.197. The maximum absolute atomic E-state index is 12.1. The van der Waals surface area contributed by atoms with Gasteiger partial charge in [0.15, 0.2) is 9.84 Å². The normalized spacial score (nSPS) is 35.7. The number of piperidine rings is 1. The Hall–Kier alpha value is -0.880. The standard InChI is InChI=1S/C11H18N2O3S/c1-11(4-2-5-12-8-11)10(14)13-9-3-6-17(15,16)7-9/h3,6,9,12H,2,4-5,7-8H2,1H3,(H,13,14). The third-order valence-electron chi connectivity index (χ3n) is 3.39. The number of hydrogen-bond acceptors (Lipinski definition) is 4. The molecule has 0 radical (unpaired) electrons. The lowest BCUT2D eigenvalue weighted by atomic mass is 9.82. The van der Waals surface area contributed by atoms with Gasteiger partial charge in [-0.1, -0.05) is 0 Å². The molecule has 1 fully saturated rings. The average Bonchev–Trinajstić information content (AvgIpc) is 2.59. The third kappa shape index (κ3) is 2.87. The molecule has 2 unspecified atom stereocenters. The van der Waals surface area contributed by atoms with E-state index in [1.54, 1.807) is 6.08 Å². The smallest absolute Gasteiger partial charge is 0.227 e. The van der Waals surface area contributed by atoms with Crippen molar-refractivity contribution in [2.75, 3.05) is 18.8 Å². The van der Waals surface area contributed by atoms with Gasteiger partial charge < -0.3 is 10.6 Å². The fraction of sp³-hybridized carbons (Fsp3) is 0.727. The summed E-state index contributed by atoms with van der Waals surface area (Å²) in [5.74, 6) is -0.0705. The highest BCUT2D eigenvalue weighted by Crippen LogP contribution is 2.26. The number of carbonyl (C=O) groups is 1. The van der Waals surface area contributed by atoms with Gasteiger partial charge in [0.2, 0.25) is 5.91 Å². The molecule has 5 nitrogen and oxygen atoms in total. The SMILES string of the molecule is CC1(C(=O)NC2C=CS(=O)(=O)C2)CCCNC1. The Balaban J connectivity index is 1.96. The second-order valence-electron chi connectivity index (χ2n) is 5.08. The van der Waals surface area contributed by atoms with Crippen LogP contribution in [0.3, 0.4) is 0 Å². The van der Waals surface area contributed by atoms with Gasteiger partial charge in [0, 0.05) is 12.0 Å². The summed E-state index contributed by atoms with van der Waals surface area (Å²) in [7, 11) is -3.10. The van der Waals surface area contributed by atoms with E-state index >= 15 is 0 Å². The maximum Gasteiger partial charge on any atom is 0.227 e. The van der Waals surface area contributed by atoms with Crippen molar-refractivity contribution in [1.82, 2.24) is 10.6 Å². The van der Waals surface area contributed by atoms with E-state index in [0.29, 0.717) is 6.54 Å². The number of nitrogens with one attached hydrogen (secondary N) is 2. The summed E-state index contributed by atoms with van der Waals surface area (Å²) >= 11 is 0. The number of amides is 1. The number of carbonyl (C=O) groups excluding carboxylic acids is 1. The highest BCUT2D eigenvalue weighted by atomic mass is 32.2. The minimum Gasteiger partial charge on any atom is -0.348 e. The Morgan fingerprint density at radius 1 is 1.53 bits per heavy atom. The molecule has 0 aliphatic carbocycles. The van der Waals surface area contributed by atoms with Crippen molar-refractivity contribution in [2.24, 2.45) is 5.41 Å². The highest BCUT2D eigenvalue weighted by Gasteiger charge is 2.36. The van der Waals surface area contributed by atoms with Gasteiger partial charge in [-0.25, -0.2) is 8.42 Å². The van der Waals surface area contributed by atoms with Crippen molar-refractivity contribution in [3.05, 3.63) is 11.5 Å². The molecule has 0 saturated carbocycles. The van der Waals surface area contributed by atoms with E-state index in [9.17, 15) is 13.2 Å². The van der Waals surface area contributed by atoms with E-state index in [1.165, 1.54) is 5.41 Å². The van der Waals surface area contributed by atoms with Gasteiger partial charge >= 0.3 is 0 Å². The lowest BCUT2D eigenvalue weighted by molar-refractivity contribution is -0.131. The zero-order chi connectivity index (χ0) is 12.5. The molecule has 0 bridgehead atoms. The summed E-state index contributed by atoms with van der Waals surface area (Å²) in [5, 5.41) is 7.18. The molecule has 1 saturated heterocycles. The molecule has 2 atom stereocenters. The van der Waals surface area contributed by atoms with Gasteiger partial charge in [-0.15, -0.1) is 0 Å². The number of rotatable bonds is 2. The van der Waals surface area contributed by atoms with Gasteiger partial charge in [-0.05, 0) is 32.4 Å². The zero-order valence-electron chi connectivity index (χ0n) is 9.90. The Labute approximate surface area is 102 Å². The molecule has 0 spiro atoms. The van der Waals surface area contributed by atoms with Crippen LogP contribution in [0.25, 0.3) is 0 Å². The molecule has 2 N–H and O–H groups in total. The summed E-state index contributed by atoms with van der Waals surface area (Å²) in [4.78, 5) is 12.1. The zero-order valence-corrected chi connectivity index (χ0v) is 10.7. The van der Waals surface area contributed by atoms with Crippen molar-refractivity contribution in [2.45, 2.75) is 25.8 Å². The molecule has 1 amide bonds. The molecule has 0 aromatic rings. The van der Waals surface area contributed by atoms with Crippen LogP contribution in [0.5, 0.6) is 0 Å². The van der Waals surface area contributed by atoms with Crippen LogP contribution < -0.4 is 10.6 Å². The first kappa shape index (κ1) is 12.6. The molecule has 0 aromatic carbocycles. The number of hydrogen-bond donors (Lipinski definition) is 2. The largest absolute Gasteiger partial charge is 0.348 e. The quantitative estimate of drug-likeness (QED) is 0.719.